The van der Waals surface area contributed by atoms with Crippen molar-refractivity contribution >= 4 is 53.8 Å². The van der Waals surface area contributed by atoms with Gasteiger partial charge in [-0.1, -0.05) is 22.5 Å². The molecule has 0 aliphatic rings. The van der Waals surface area contributed by atoms with E-state index in [2.05, 4.69) is 54.4 Å². The number of phenolic OH excluding ortho intramolecular Hbond substituents is 1. The van der Waals surface area contributed by atoms with Gasteiger partial charge in [-0.15, -0.1) is 0 Å². The standard InChI is InChI=1S/C6H3Br3O.C3H4O2/c7-3-1-4(8)6(10)5(9)2-3;1-2-3(4)5/h1-2,10H;2H,1H2,(H,4,5). The summed E-state index contributed by atoms with van der Waals surface area (Å²) in [6.07, 6.45) is 0.833. The lowest BCUT2D eigenvalue weighted by molar-refractivity contribution is -0.131. The maximum absolute atomic E-state index is 9.25. The van der Waals surface area contributed by atoms with Crippen molar-refractivity contribution in [3.63, 3.8) is 0 Å². The van der Waals surface area contributed by atoms with Crippen LogP contribution in [0.2, 0.25) is 0 Å². The van der Waals surface area contributed by atoms with Crippen LogP contribution in [0.1, 0.15) is 0 Å². The predicted molar refractivity (Wildman–Crippen MR) is 69.0 cm³/mol. The van der Waals surface area contributed by atoms with E-state index >= 15 is 0 Å². The normalized spacial score (nSPS) is 8.73. The molecular formula is C9H7Br3O3. The summed E-state index contributed by atoms with van der Waals surface area (Å²) in [5.41, 5.74) is 0. The first-order chi connectivity index (χ1) is 6.88. The molecular weight excluding hydrogens is 396 g/mol. The van der Waals surface area contributed by atoms with E-state index in [9.17, 15) is 9.90 Å². The number of benzene rings is 1. The zero-order chi connectivity index (χ0) is 12.0. The number of phenols is 1. The summed E-state index contributed by atoms with van der Waals surface area (Å²) < 4.78 is 2.27. The Morgan fingerprint density at radius 1 is 1.27 bits per heavy atom. The first-order valence-corrected chi connectivity index (χ1v) is 5.95. The third kappa shape index (κ3) is 5.96. The van der Waals surface area contributed by atoms with Crippen LogP contribution in [-0.4, -0.2) is 16.2 Å². The molecule has 0 saturated heterocycles. The van der Waals surface area contributed by atoms with Crippen LogP contribution < -0.4 is 0 Å². The molecule has 0 saturated carbocycles. The fourth-order valence-corrected chi connectivity index (χ4v) is 2.79. The van der Waals surface area contributed by atoms with Crippen LogP contribution in [0.15, 0.2) is 38.2 Å². The maximum atomic E-state index is 9.25. The van der Waals surface area contributed by atoms with Crippen LogP contribution >= 0.6 is 47.8 Å². The van der Waals surface area contributed by atoms with Crippen LogP contribution in [0.3, 0.4) is 0 Å². The van der Waals surface area contributed by atoms with E-state index in [4.69, 9.17) is 5.11 Å². The molecule has 0 radical (unpaired) electrons. The number of carboxylic acid groups (broad SMARTS) is 1. The molecule has 3 nitrogen and oxygen atoms in total. The number of halogens is 3. The quantitative estimate of drug-likeness (QED) is 0.699. The van der Waals surface area contributed by atoms with Crippen molar-refractivity contribution in [2.45, 2.75) is 0 Å². The topological polar surface area (TPSA) is 57.5 Å². The fourth-order valence-electron chi connectivity index (χ4n) is 0.535. The van der Waals surface area contributed by atoms with Crippen molar-refractivity contribution in [2.75, 3.05) is 0 Å². The molecule has 1 aromatic carbocycles. The molecule has 15 heavy (non-hydrogen) atoms. The van der Waals surface area contributed by atoms with Gasteiger partial charge in [-0.25, -0.2) is 4.79 Å². The van der Waals surface area contributed by atoms with E-state index in [-0.39, 0.29) is 5.75 Å². The molecule has 0 fully saturated rings. The molecule has 0 bridgehead atoms. The largest absolute Gasteiger partial charge is 0.506 e. The number of aromatic hydroxyl groups is 1. The van der Waals surface area contributed by atoms with Gasteiger partial charge in [0.1, 0.15) is 5.75 Å². The molecule has 0 unspecified atom stereocenters. The molecule has 0 aliphatic carbocycles. The summed E-state index contributed by atoms with van der Waals surface area (Å²) in [5, 5.41) is 16.8. The van der Waals surface area contributed by atoms with Gasteiger partial charge in [0.2, 0.25) is 0 Å². The smallest absolute Gasteiger partial charge is 0.327 e. The molecule has 2 N–H and O–H groups in total. The fraction of sp³-hybridized carbons (Fsp3) is 0. The van der Waals surface area contributed by atoms with Crippen molar-refractivity contribution in [3.8, 4) is 5.75 Å². The van der Waals surface area contributed by atoms with Crippen LogP contribution in [0.4, 0.5) is 0 Å². The molecule has 0 aromatic heterocycles. The van der Waals surface area contributed by atoms with Gasteiger partial charge in [0.05, 0.1) is 8.95 Å². The summed E-state index contributed by atoms with van der Waals surface area (Å²) in [6.45, 7) is 2.96. The molecule has 0 aliphatic heterocycles. The molecule has 1 aromatic rings. The number of hydrogen-bond acceptors (Lipinski definition) is 2. The number of aliphatic carboxylic acids is 1. The van der Waals surface area contributed by atoms with Crippen molar-refractivity contribution in [2.24, 2.45) is 0 Å². The SMILES string of the molecule is C=CC(=O)O.Oc1c(Br)cc(Br)cc1Br. The number of rotatable bonds is 1. The van der Waals surface area contributed by atoms with Crippen LogP contribution in [0, 0.1) is 0 Å². The minimum absolute atomic E-state index is 0.225. The van der Waals surface area contributed by atoms with Gasteiger partial charge in [-0.2, -0.15) is 0 Å². The van der Waals surface area contributed by atoms with Gasteiger partial charge >= 0.3 is 5.97 Å². The molecule has 0 heterocycles. The molecule has 0 atom stereocenters. The van der Waals surface area contributed by atoms with Crippen molar-refractivity contribution in [3.05, 3.63) is 38.2 Å². The number of carboxylic acids is 1. The zero-order valence-electron chi connectivity index (χ0n) is 7.38. The van der Waals surface area contributed by atoms with Gasteiger partial charge in [0.25, 0.3) is 0 Å². The Morgan fingerprint density at radius 3 is 1.87 bits per heavy atom. The van der Waals surface area contributed by atoms with E-state index in [1.54, 1.807) is 12.1 Å². The summed E-state index contributed by atoms with van der Waals surface area (Å²) in [6, 6.07) is 3.56. The molecule has 82 valence electrons. The minimum Gasteiger partial charge on any atom is -0.506 e. The van der Waals surface area contributed by atoms with E-state index in [1.807, 2.05) is 0 Å². The minimum atomic E-state index is -0.981. The van der Waals surface area contributed by atoms with Gasteiger partial charge in [-0.3, -0.25) is 0 Å². The second-order valence-electron chi connectivity index (χ2n) is 2.26. The van der Waals surface area contributed by atoms with Crippen molar-refractivity contribution < 1.29 is 15.0 Å². The Balaban J connectivity index is 0.000000336. The van der Waals surface area contributed by atoms with Gasteiger partial charge in [-0.05, 0) is 44.0 Å². The molecule has 6 heteroatoms. The van der Waals surface area contributed by atoms with E-state index in [1.165, 1.54) is 0 Å². The highest BCUT2D eigenvalue weighted by Crippen LogP contribution is 2.34. The maximum Gasteiger partial charge on any atom is 0.327 e. The molecule has 0 spiro atoms. The Morgan fingerprint density at radius 2 is 1.60 bits per heavy atom. The van der Waals surface area contributed by atoms with Gasteiger partial charge in [0, 0.05) is 10.5 Å². The Hall–Kier alpha value is -0.330. The Kier molecular flexibility index (Phi) is 6.87. The van der Waals surface area contributed by atoms with E-state index < -0.39 is 5.97 Å². The van der Waals surface area contributed by atoms with Gasteiger partial charge in [0.15, 0.2) is 0 Å². The van der Waals surface area contributed by atoms with Crippen molar-refractivity contribution in [1.82, 2.24) is 0 Å². The van der Waals surface area contributed by atoms with Crippen LogP contribution in [-0.2, 0) is 4.79 Å². The van der Waals surface area contributed by atoms with E-state index in [0.717, 1.165) is 10.5 Å². The zero-order valence-corrected chi connectivity index (χ0v) is 12.1. The molecule has 1 rings (SSSR count). The lowest BCUT2D eigenvalue weighted by Crippen LogP contribution is -1.82. The first-order valence-electron chi connectivity index (χ1n) is 3.57. The highest BCUT2D eigenvalue weighted by atomic mass is 79.9. The Labute approximate surface area is 112 Å². The summed E-state index contributed by atoms with van der Waals surface area (Å²) in [7, 11) is 0. The monoisotopic (exact) mass is 400 g/mol. The average Bonchev–Trinajstić information content (AvgIpc) is 2.15. The average molecular weight is 403 g/mol. The summed E-state index contributed by atoms with van der Waals surface area (Å²) >= 11 is 9.65. The van der Waals surface area contributed by atoms with Crippen molar-refractivity contribution in [1.29, 1.82) is 0 Å². The number of hydrogen-bond donors (Lipinski definition) is 2. The number of carbonyl (C=O) groups is 1. The second kappa shape index (κ2) is 7.03. The first kappa shape index (κ1) is 14.7. The van der Waals surface area contributed by atoms with Gasteiger partial charge < -0.3 is 10.2 Å². The predicted octanol–water partition coefficient (Wildman–Crippen LogP) is 3.94. The third-order valence-electron chi connectivity index (χ3n) is 1.16. The Bertz CT molecular complexity index is 354. The highest BCUT2D eigenvalue weighted by molar-refractivity contribution is 9.11. The summed E-state index contributed by atoms with van der Waals surface area (Å²) in [4.78, 5) is 9.25. The molecule has 0 amide bonds. The van der Waals surface area contributed by atoms with Crippen LogP contribution in [0.25, 0.3) is 0 Å². The lowest BCUT2D eigenvalue weighted by atomic mass is 10.3. The third-order valence-corrected chi connectivity index (χ3v) is 2.82. The van der Waals surface area contributed by atoms with E-state index in [0.29, 0.717) is 8.95 Å². The second-order valence-corrected chi connectivity index (χ2v) is 4.88. The summed E-state index contributed by atoms with van der Waals surface area (Å²) in [5.74, 6) is -0.756. The highest BCUT2D eigenvalue weighted by Gasteiger charge is 2.02. The lowest BCUT2D eigenvalue weighted by Gasteiger charge is -1.99. The van der Waals surface area contributed by atoms with Crippen LogP contribution in [0.5, 0.6) is 5.75 Å².